The summed E-state index contributed by atoms with van der Waals surface area (Å²) in [5.41, 5.74) is 6.85. The number of rotatable bonds is 2. The number of fused-ring (bicyclic) bond motifs is 3. The molecule has 3 rings (SSSR count). The van der Waals surface area contributed by atoms with Crippen LogP contribution in [0, 0.1) is 0 Å². The summed E-state index contributed by atoms with van der Waals surface area (Å²) >= 11 is 0. The van der Waals surface area contributed by atoms with E-state index in [1.54, 1.807) is 6.20 Å². The van der Waals surface area contributed by atoms with Crippen molar-refractivity contribution in [3.8, 4) is 0 Å². The molecule has 0 bridgehead atoms. The Bertz CT molecular complexity index is 750. The standard InChI is InChI=1S/C15H12N2O/c16-8-15(18)11-7-13-12-4-2-1-3-10(12)5-6-14(13)17-9-11/h1-7,9H,8,16H2. The Balaban J connectivity index is 2.36. The number of carbonyl (C=O) groups is 1. The van der Waals surface area contributed by atoms with Gasteiger partial charge in [-0.3, -0.25) is 9.78 Å². The number of hydrogen-bond donors (Lipinski definition) is 1. The summed E-state index contributed by atoms with van der Waals surface area (Å²) in [6, 6.07) is 13.9. The van der Waals surface area contributed by atoms with Crippen molar-refractivity contribution < 1.29 is 4.79 Å². The summed E-state index contributed by atoms with van der Waals surface area (Å²) in [7, 11) is 0. The molecule has 3 nitrogen and oxygen atoms in total. The van der Waals surface area contributed by atoms with Gasteiger partial charge in [-0.2, -0.15) is 0 Å². The van der Waals surface area contributed by atoms with Crippen LogP contribution in [0.25, 0.3) is 21.7 Å². The monoisotopic (exact) mass is 236 g/mol. The van der Waals surface area contributed by atoms with Crippen LogP contribution in [0.1, 0.15) is 10.4 Å². The highest BCUT2D eigenvalue weighted by molar-refractivity contribution is 6.09. The lowest BCUT2D eigenvalue weighted by Crippen LogP contribution is -2.13. The molecule has 0 saturated carbocycles. The van der Waals surface area contributed by atoms with Crippen LogP contribution < -0.4 is 5.73 Å². The third kappa shape index (κ3) is 1.65. The maximum Gasteiger partial charge on any atom is 0.177 e. The fourth-order valence-electron chi connectivity index (χ4n) is 2.15. The molecule has 0 saturated heterocycles. The van der Waals surface area contributed by atoms with Gasteiger partial charge in [-0.15, -0.1) is 0 Å². The van der Waals surface area contributed by atoms with E-state index >= 15 is 0 Å². The van der Waals surface area contributed by atoms with E-state index in [4.69, 9.17) is 5.73 Å². The smallest absolute Gasteiger partial charge is 0.177 e. The molecule has 0 aliphatic heterocycles. The average Bonchev–Trinajstić information content (AvgIpc) is 2.45. The molecule has 0 amide bonds. The van der Waals surface area contributed by atoms with Crippen molar-refractivity contribution in [2.75, 3.05) is 6.54 Å². The number of aromatic nitrogens is 1. The van der Waals surface area contributed by atoms with Crippen LogP contribution in [0.3, 0.4) is 0 Å². The van der Waals surface area contributed by atoms with Gasteiger partial charge in [0.2, 0.25) is 0 Å². The topological polar surface area (TPSA) is 56.0 Å². The van der Waals surface area contributed by atoms with Crippen LogP contribution >= 0.6 is 0 Å². The van der Waals surface area contributed by atoms with Crippen molar-refractivity contribution in [1.82, 2.24) is 4.98 Å². The zero-order valence-corrected chi connectivity index (χ0v) is 9.76. The Morgan fingerprint density at radius 3 is 2.78 bits per heavy atom. The minimum absolute atomic E-state index is 0.0119. The van der Waals surface area contributed by atoms with Gasteiger partial charge in [0.1, 0.15) is 0 Å². The van der Waals surface area contributed by atoms with Crippen molar-refractivity contribution in [3.05, 3.63) is 54.2 Å². The molecule has 3 heteroatoms. The summed E-state index contributed by atoms with van der Waals surface area (Å²) in [5, 5.41) is 3.24. The minimum Gasteiger partial charge on any atom is -0.324 e. The van der Waals surface area contributed by atoms with Crippen LogP contribution in [0.4, 0.5) is 0 Å². The lowest BCUT2D eigenvalue weighted by Gasteiger charge is -2.05. The molecule has 0 spiro atoms. The summed E-state index contributed by atoms with van der Waals surface area (Å²) in [5.74, 6) is -0.0858. The summed E-state index contributed by atoms with van der Waals surface area (Å²) in [6.45, 7) is 0.0119. The first-order valence-corrected chi connectivity index (χ1v) is 5.80. The van der Waals surface area contributed by atoms with Gasteiger partial charge in [0.05, 0.1) is 12.1 Å². The van der Waals surface area contributed by atoms with Gasteiger partial charge in [0.25, 0.3) is 0 Å². The molecule has 3 aromatic rings. The Kier molecular flexibility index (Phi) is 2.54. The second kappa shape index (κ2) is 4.20. The van der Waals surface area contributed by atoms with E-state index in [1.807, 2.05) is 42.5 Å². The van der Waals surface area contributed by atoms with Gasteiger partial charge in [-0.25, -0.2) is 0 Å². The van der Waals surface area contributed by atoms with Gasteiger partial charge < -0.3 is 5.73 Å². The highest BCUT2D eigenvalue weighted by Gasteiger charge is 2.07. The SMILES string of the molecule is NCC(=O)c1cnc2ccc3ccccc3c2c1. The third-order valence-corrected chi connectivity index (χ3v) is 3.10. The summed E-state index contributed by atoms with van der Waals surface area (Å²) in [4.78, 5) is 16.0. The molecule has 1 aromatic heterocycles. The minimum atomic E-state index is -0.0858. The lowest BCUT2D eigenvalue weighted by molar-refractivity contribution is 0.100. The first-order chi connectivity index (χ1) is 8.79. The van der Waals surface area contributed by atoms with Crippen molar-refractivity contribution in [2.24, 2.45) is 5.73 Å². The van der Waals surface area contributed by atoms with Crippen molar-refractivity contribution in [3.63, 3.8) is 0 Å². The maximum absolute atomic E-state index is 11.6. The number of Topliss-reactive ketones (excluding diaryl/α,β-unsaturated/α-hetero) is 1. The van der Waals surface area contributed by atoms with Gasteiger partial charge >= 0.3 is 0 Å². The zero-order valence-electron chi connectivity index (χ0n) is 9.76. The Labute approximate surface area is 104 Å². The van der Waals surface area contributed by atoms with E-state index in [0.717, 1.165) is 21.7 Å². The quantitative estimate of drug-likeness (QED) is 0.549. The first-order valence-electron chi connectivity index (χ1n) is 5.80. The van der Waals surface area contributed by atoms with Crippen LogP contribution in [0.2, 0.25) is 0 Å². The third-order valence-electron chi connectivity index (χ3n) is 3.10. The fraction of sp³-hybridized carbons (Fsp3) is 0.0667. The Morgan fingerprint density at radius 1 is 1.11 bits per heavy atom. The molecule has 2 aromatic carbocycles. The number of nitrogens with zero attached hydrogens (tertiary/aromatic N) is 1. The molecule has 0 aliphatic rings. The van der Waals surface area contributed by atoms with E-state index in [0.29, 0.717) is 5.56 Å². The molecule has 1 heterocycles. The zero-order chi connectivity index (χ0) is 12.5. The normalized spacial score (nSPS) is 10.9. The lowest BCUT2D eigenvalue weighted by atomic mass is 10.0. The van der Waals surface area contributed by atoms with Crippen LogP contribution in [-0.4, -0.2) is 17.3 Å². The van der Waals surface area contributed by atoms with Crippen molar-refractivity contribution in [2.45, 2.75) is 0 Å². The van der Waals surface area contributed by atoms with Crippen LogP contribution in [0.15, 0.2) is 48.7 Å². The van der Waals surface area contributed by atoms with E-state index < -0.39 is 0 Å². The van der Waals surface area contributed by atoms with Gasteiger partial charge in [0.15, 0.2) is 5.78 Å². The molecule has 0 atom stereocenters. The molecule has 0 radical (unpaired) electrons. The molecular formula is C15H12N2O. The van der Waals surface area contributed by atoms with E-state index in [1.165, 1.54) is 0 Å². The number of pyridine rings is 1. The Hall–Kier alpha value is -2.26. The van der Waals surface area contributed by atoms with E-state index in [-0.39, 0.29) is 12.3 Å². The predicted molar refractivity (Wildman–Crippen MR) is 72.6 cm³/mol. The molecular weight excluding hydrogens is 224 g/mol. The second-order valence-corrected chi connectivity index (χ2v) is 4.20. The van der Waals surface area contributed by atoms with Crippen molar-refractivity contribution in [1.29, 1.82) is 0 Å². The maximum atomic E-state index is 11.6. The highest BCUT2D eigenvalue weighted by Crippen LogP contribution is 2.24. The number of ketones is 1. The van der Waals surface area contributed by atoms with Gasteiger partial charge in [-0.1, -0.05) is 30.3 Å². The number of benzene rings is 2. The molecule has 18 heavy (non-hydrogen) atoms. The largest absolute Gasteiger partial charge is 0.324 e. The summed E-state index contributed by atoms with van der Waals surface area (Å²) in [6.07, 6.45) is 1.59. The average molecular weight is 236 g/mol. The van der Waals surface area contributed by atoms with Crippen molar-refractivity contribution >= 4 is 27.5 Å². The first kappa shape index (κ1) is 10.9. The second-order valence-electron chi connectivity index (χ2n) is 4.20. The van der Waals surface area contributed by atoms with Crippen LogP contribution in [-0.2, 0) is 0 Å². The fourth-order valence-corrected chi connectivity index (χ4v) is 2.15. The molecule has 0 fully saturated rings. The highest BCUT2D eigenvalue weighted by atomic mass is 16.1. The molecule has 0 aliphatic carbocycles. The summed E-state index contributed by atoms with van der Waals surface area (Å²) < 4.78 is 0. The van der Waals surface area contributed by atoms with E-state index in [2.05, 4.69) is 4.98 Å². The van der Waals surface area contributed by atoms with Gasteiger partial charge in [0, 0.05) is 17.1 Å². The van der Waals surface area contributed by atoms with Gasteiger partial charge in [-0.05, 0) is 22.9 Å². The Morgan fingerprint density at radius 2 is 1.94 bits per heavy atom. The van der Waals surface area contributed by atoms with E-state index in [9.17, 15) is 4.79 Å². The van der Waals surface area contributed by atoms with Crippen LogP contribution in [0.5, 0.6) is 0 Å². The number of hydrogen-bond acceptors (Lipinski definition) is 3. The molecule has 2 N–H and O–H groups in total. The number of carbonyl (C=O) groups excluding carboxylic acids is 1. The molecule has 0 unspecified atom stereocenters. The predicted octanol–water partition coefficient (Wildman–Crippen LogP) is 2.53. The number of nitrogens with two attached hydrogens (primary N) is 1. The molecule has 88 valence electrons.